The number of hydrogen-bond donors (Lipinski definition) is 0. The molecule has 134 valence electrons. The van der Waals surface area contributed by atoms with Crippen LogP contribution in [0.25, 0.3) is 0 Å². The zero-order valence-corrected chi connectivity index (χ0v) is 16.3. The number of nitriles is 1. The van der Waals surface area contributed by atoms with Crippen molar-refractivity contribution in [3.8, 4) is 17.6 Å². The molecule has 1 fully saturated rings. The second-order valence-electron chi connectivity index (χ2n) is 6.88. The Morgan fingerprint density at radius 3 is 2.42 bits per heavy atom. The molecule has 0 spiro atoms. The van der Waals surface area contributed by atoms with Gasteiger partial charge in [-0.25, -0.2) is 0 Å². The molecule has 0 bridgehead atoms. The van der Waals surface area contributed by atoms with Gasteiger partial charge in [0, 0.05) is 23.1 Å². The number of halogens is 1. The van der Waals surface area contributed by atoms with Crippen LogP contribution in [0.4, 0.5) is 0 Å². The van der Waals surface area contributed by atoms with Gasteiger partial charge < -0.3 is 18.7 Å². The van der Waals surface area contributed by atoms with Crippen molar-refractivity contribution in [3.05, 3.63) is 58.1 Å². The first-order valence-electron chi connectivity index (χ1n) is 8.26. The smallest absolute Gasteiger partial charge is 0.457 e. The minimum absolute atomic E-state index is 0.00922. The van der Waals surface area contributed by atoms with Crippen LogP contribution >= 0.6 is 15.9 Å². The molecular weight excluding hydrogens is 397 g/mol. The molecule has 1 aliphatic rings. The topological polar surface area (TPSA) is 60.7 Å². The molecular formula is C19H19BBrNO4. The van der Waals surface area contributed by atoms with E-state index in [0.717, 1.165) is 10.0 Å². The number of nitrogens with zero attached hydrogens (tertiary/aromatic N) is 1. The maximum Gasteiger partial charge on any atom is 0.639 e. The Kier molecular flexibility index (Phi) is 5.99. The lowest BCUT2D eigenvalue weighted by molar-refractivity contribution is -0.0214. The molecule has 7 heteroatoms. The van der Waals surface area contributed by atoms with Crippen LogP contribution < -0.4 is 4.74 Å². The fourth-order valence-corrected chi connectivity index (χ4v) is 2.75. The van der Waals surface area contributed by atoms with E-state index in [9.17, 15) is 0 Å². The zero-order valence-electron chi connectivity index (χ0n) is 14.7. The predicted octanol–water partition coefficient (Wildman–Crippen LogP) is 4.69. The Morgan fingerprint density at radius 2 is 1.77 bits per heavy atom. The molecule has 3 rings (SSSR count). The van der Waals surface area contributed by atoms with Gasteiger partial charge in [-0.1, -0.05) is 29.8 Å². The van der Waals surface area contributed by atoms with E-state index in [0.29, 0.717) is 36.9 Å². The van der Waals surface area contributed by atoms with Crippen LogP contribution in [0.3, 0.4) is 0 Å². The zero-order chi connectivity index (χ0) is 18.6. The van der Waals surface area contributed by atoms with Crippen LogP contribution in [-0.2, 0) is 20.6 Å². The third-order valence-corrected chi connectivity index (χ3v) is 4.61. The van der Waals surface area contributed by atoms with E-state index < -0.39 is 7.32 Å². The molecule has 2 aromatic carbocycles. The van der Waals surface area contributed by atoms with Crippen molar-refractivity contribution in [1.29, 1.82) is 5.26 Å². The van der Waals surface area contributed by atoms with Crippen molar-refractivity contribution in [1.82, 2.24) is 0 Å². The highest BCUT2D eigenvalue weighted by atomic mass is 79.9. The van der Waals surface area contributed by atoms with Crippen molar-refractivity contribution < 1.29 is 18.7 Å². The standard InChI is InChI=1S/C19H19BBrNO4/c1-19(2)12-24-20(25-13-19)23-11-15-9-17(7-8-18(15)21)26-16-5-3-14(10-22)4-6-16/h3-9H,11-13H2,1-2H3. The fourth-order valence-electron chi connectivity index (χ4n) is 2.39. The molecule has 0 amide bonds. The quantitative estimate of drug-likeness (QED) is 0.663. The van der Waals surface area contributed by atoms with Gasteiger partial charge in [-0.2, -0.15) is 5.26 Å². The van der Waals surface area contributed by atoms with Crippen LogP contribution in [0.15, 0.2) is 46.9 Å². The summed E-state index contributed by atoms with van der Waals surface area (Å²) in [4.78, 5) is 0. The minimum Gasteiger partial charge on any atom is -0.457 e. The summed E-state index contributed by atoms with van der Waals surface area (Å²) < 4.78 is 23.6. The lowest BCUT2D eigenvalue weighted by Crippen LogP contribution is -2.42. The van der Waals surface area contributed by atoms with Crippen molar-refractivity contribution in [3.63, 3.8) is 0 Å². The molecule has 1 aliphatic heterocycles. The Balaban J connectivity index is 1.61. The lowest BCUT2D eigenvalue weighted by atomic mass is 9.93. The fraction of sp³-hybridized carbons (Fsp3) is 0.316. The van der Waals surface area contributed by atoms with Gasteiger partial charge in [0.1, 0.15) is 11.5 Å². The van der Waals surface area contributed by atoms with Crippen LogP contribution in [0.5, 0.6) is 11.5 Å². The summed E-state index contributed by atoms with van der Waals surface area (Å²) in [6.45, 7) is 5.70. The molecule has 5 nitrogen and oxygen atoms in total. The molecule has 0 saturated carbocycles. The second-order valence-corrected chi connectivity index (χ2v) is 7.73. The normalized spacial score (nSPS) is 16.2. The summed E-state index contributed by atoms with van der Waals surface area (Å²) >= 11 is 3.52. The van der Waals surface area contributed by atoms with Gasteiger partial charge in [-0.05, 0) is 48.0 Å². The van der Waals surface area contributed by atoms with E-state index in [1.807, 2.05) is 18.2 Å². The highest BCUT2D eigenvalue weighted by Gasteiger charge is 2.34. The predicted molar refractivity (Wildman–Crippen MR) is 102 cm³/mol. The van der Waals surface area contributed by atoms with E-state index in [1.165, 1.54) is 0 Å². The van der Waals surface area contributed by atoms with Crippen LogP contribution in [-0.4, -0.2) is 20.5 Å². The van der Waals surface area contributed by atoms with Crippen molar-refractivity contribution in [2.45, 2.75) is 20.5 Å². The Bertz CT molecular complexity index is 794. The summed E-state index contributed by atoms with van der Waals surface area (Å²) in [6, 6.07) is 14.7. The van der Waals surface area contributed by atoms with Gasteiger partial charge in [-0.15, -0.1) is 0 Å². The molecule has 0 unspecified atom stereocenters. The first kappa shape index (κ1) is 18.9. The molecule has 1 heterocycles. The van der Waals surface area contributed by atoms with E-state index in [2.05, 4.69) is 35.8 Å². The highest BCUT2D eigenvalue weighted by Crippen LogP contribution is 2.28. The number of ether oxygens (including phenoxy) is 1. The molecule has 0 aromatic heterocycles. The van der Waals surface area contributed by atoms with Crippen molar-refractivity contribution >= 4 is 23.3 Å². The van der Waals surface area contributed by atoms with Gasteiger partial charge in [0.05, 0.1) is 18.2 Å². The average molecular weight is 416 g/mol. The number of hydrogen-bond acceptors (Lipinski definition) is 5. The first-order valence-corrected chi connectivity index (χ1v) is 9.06. The van der Waals surface area contributed by atoms with Gasteiger partial charge in [0.2, 0.25) is 0 Å². The summed E-state index contributed by atoms with van der Waals surface area (Å²) in [7, 11) is -0.655. The van der Waals surface area contributed by atoms with Crippen LogP contribution in [0.2, 0.25) is 0 Å². The van der Waals surface area contributed by atoms with Gasteiger partial charge in [-0.3, -0.25) is 0 Å². The molecule has 1 saturated heterocycles. The number of benzene rings is 2. The molecule has 0 radical (unpaired) electrons. The Labute approximate surface area is 162 Å². The van der Waals surface area contributed by atoms with Gasteiger partial charge in [0.15, 0.2) is 0 Å². The molecule has 0 aliphatic carbocycles. The highest BCUT2D eigenvalue weighted by molar-refractivity contribution is 9.10. The van der Waals surface area contributed by atoms with E-state index in [4.69, 9.17) is 24.0 Å². The molecule has 0 atom stereocenters. The second kappa shape index (κ2) is 8.23. The summed E-state index contributed by atoms with van der Waals surface area (Å²) in [5.41, 5.74) is 1.53. The largest absolute Gasteiger partial charge is 0.639 e. The van der Waals surface area contributed by atoms with Gasteiger partial charge >= 0.3 is 7.32 Å². The Hall–Kier alpha value is -1.85. The molecule has 26 heavy (non-hydrogen) atoms. The summed E-state index contributed by atoms with van der Waals surface area (Å²) in [5.74, 6) is 1.35. The summed E-state index contributed by atoms with van der Waals surface area (Å²) in [6.07, 6.45) is 0. The van der Waals surface area contributed by atoms with Crippen molar-refractivity contribution in [2.24, 2.45) is 5.41 Å². The molecule has 0 N–H and O–H groups in total. The summed E-state index contributed by atoms with van der Waals surface area (Å²) in [5, 5.41) is 8.85. The average Bonchev–Trinajstić information content (AvgIpc) is 2.64. The maximum atomic E-state index is 8.85. The van der Waals surface area contributed by atoms with Gasteiger partial charge in [0.25, 0.3) is 0 Å². The third kappa shape index (κ3) is 5.09. The minimum atomic E-state index is -0.655. The maximum absolute atomic E-state index is 8.85. The van der Waals surface area contributed by atoms with Crippen LogP contribution in [0, 0.1) is 16.7 Å². The SMILES string of the molecule is CC1(C)COB(OCc2cc(Oc3ccc(C#N)cc3)ccc2Br)OC1. The third-order valence-electron chi connectivity index (χ3n) is 3.83. The van der Waals surface area contributed by atoms with E-state index >= 15 is 0 Å². The van der Waals surface area contributed by atoms with Crippen molar-refractivity contribution in [2.75, 3.05) is 13.2 Å². The Morgan fingerprint density at radius 1 is 1.12 bits per heavy atom. The lowest BCUT2D eigenvalue weighted by Gasteiger charge is -2.32. The van der Waals surface area contributed by atoms with E-state index in [-0.39, 0.29) is 5.41 Å². The monoisotopic (exact) mass is 415 g/mol. The van der Waals surface area contributed by atoms with Crippen LogP contribution in [0.1, 0.15) is 25.0 Å². The first-order chi connectivity index (χ1) is 12.4. The molecule has 2 aromatic rings. The van der Waals surface area contributed by atoms with E-state index in [1.54, 1.807) is 24.3 Å². The number of rotatable bonds is 5.